The number of nitrogens with one attached hydrogen (secondary N) is 1. The molecule has 0 unspecified atom stereocenters. The van der Waals surface area contributed by atoms with E-state index in [1.54, 1.807) is 7.11 Å². The van der Waals surface area contributed by atoms with Gasteiger partial charge in [-0.05, 0) is 19.4 Å². The molecule has 0 saturated carbocycles. The molecule has 0 fully saturated rings. The Bertz CT molecular complexity index is 441. The van der Waals surface area contributed by atoms with Gasteiger partial charge < -0.3 is 14.8 Å². The molecule has 0 spiro atoms. The molecule has 0 amide bonds. The molecule has 21 heavy (non-hydrogen) atoms. The second-order valence-electron chi connectivity index (χ2n) is 4.20. The van der Waals surface area contributed by atoms with Gasteiger partial charge in [0, 0.05) is 13.7 Å². The topological polar surface area (TPSA) is 30.5 Å². The first-order chi connectivity index (χ1) is 10.0. The summed E-state index contributed by atoms with van der Waals surface area (Å²) in [6.07, 6.45) is 1.03. The van der Waals surface area contributed by atoms with E-state index in [4.69, 9.17) is 4.74 Å². The fourth-order valence-electron chi connectivity index (χ4n) is 1.54. The highest BCUT2D eigenvalue weighted by atomic mass is 19.2. The monoisotopic (exact) mass is 313 g/mol. The molecule has 0 aliphatic carbocycles. The van der Waals surface area contributed by atoms with Gasteiger partial charge in [-0.15, -0.1) is 0 Å². The second kappa shape index (κ2) is 8.78. The van der Waals surface area contributed by atoms with Crippen molar-refractivity contribution in [3.8, 4) is 5.75 Å². The molecule has 120 valence electrons. The van der Waals surface area contributed by atoms with Crippen LogP contribution in [0.5, 0.6) is 5.75 Å². The van der Waals surface area contributed by atoms with Crippen LogP contribution >= 0.6 is 0 Å². The summed E-state index contributed by atoms with van der Waals surface area (Å²) in [5.74, 6) is -11.4. The third kappa shape index (κ3) is 4.82. The van der Waals surface area contributed by atoms with Crippen LogP contribution in [0.25, 0.3) is 0 Å². The highest BCUT2D eigenvalue weighted by Crippen LogP contribution is 2.29. The molecule has 1 N–H and O–H groups in total. The van der Waals surface area contributed by atoms with Gasteiger partial charge in [-0.25, -0.2) is 13.2 Å². The van der Waals surface area contributed by atoms with Gasteiger partial charge in [0.15, 0.2) is 5.75 Å². The van der Waals surface area contributed by atoms with Crippen molar-refractivity contribution in [1.29, 1.82) is 0 Å². The average molecular weight is 313 g/mol. The van der Waals surface area contributed by atoms with Gasteiger partial charge in [0.25, 0.3) is 0 Å². The van der Waals surface area contributed by atoms with Gasteiger partial charge in [-0.2, -0.15) is 8.78 Å². The number of rotatable bonds is 9. The Labute approximate surface area is 119 Å². The Hall–Kier alpha value is -1.41. The molecule has 0 aliphatic rings. The highest BCUT2D eigenvalue weighted by molar-refractivity contribution is 5.29. The Morgan fingerprint density at radius 1 is 0.762 bits per heavy atom. The minimum atomic E-state index is -2.19. The number of methoxy groups -OCH3 is 1. The Morgan fingerprint density at radius 3 is 1.90 bits per heavy atom. The maximum absolute atomic E-state index is 13.2. The summed E-state index contributed by atoms with van der Waals surface area (Å²) in [6.45, 7) is 1.70. The van der Waals surface area contributed by atoms with E-state index < -0.39 is 34.8 Å². The van der Waals surface area contributed by atoms with E-state index >= 15 is 0 Å². The standard InChI is InChI=1S/C13H16F5NO2/c1-20-7-5-19-4-2-3-6-21-13-11(17)9(15)8(14)10(16)12(13)18/h19H,2-7H2,1H3. The fraction of sp³-hybridized carbons (Fsp3) is 0.538. The lowest BCUT2D eigenvalue weighted by molar-refractivity contribution is 0.199. The van der Waals surface area contributed by atoms with Crippen LogP contribution in [0.4, 0.5) is 22.0 Å². The lowest BCUT2D eigenvalue weighted by Gasteiger charge is -2.10. The average Bonchev–Trinajstić information content (AvgIpc) is 2.49. The Morgan fingerprint density at radius 2 is 1.33 bits per heavy atom. The lowest BCUT2D eigenvalue weighted by Crippen LogP contribution is -2.20. The second-order valence-corrected chi connectivity index (χ2v) is 4.20. The van der Waals surface area contributed by atoms with Crippen LogP contribution in [0.3, 0.4) is 0 Å². The molecule has 1 aromatic carbocycles. The van der Waals surface area contributed by atoms with E-state index in [9.17, 15) is 22.0 Å². The van der Waals surface area contributed by atoms with Crippen molar-refractivity contribution in [3.05, 3.63) is 29.1 Å². The normalized spacial score (nSPS) is 11.0. The van der Waals surface area contributed by atoms with Crippen LogP contribution in [0.1, 0.15) is 12.8 Å². The first-order valence-electron chi connectivity index (χ1n) is 6.34. The molecule has 1 rings (SSSR count). The maximum Gasteiger partial charge on any atom is 0.206 e. The lowest BCUT2D eigenvalue weighted by atomic mass is 10.2. The van der Waals surface area contributed by atoms with Crippen LogP contribution in [0, 0.1) is 29.1 Å². The van der Waals surface area contributed by atoms with Crippen LogP contribution < -0.4 is 10.1 Å². The minimum absolute atomic E-state index is 0.149. The first-order valence-corrected chi connectivity index (χ1v) is 6.34. The first kappa shape index (κ1) is 17.6. The molecule has 0 aromatic heterocycles. The quantitative estimate of drug-likeness (QED) is 0.329. The molecule has 3 nitrogen and oxygen atoms in total. The summed E-state index contributed by atoms with van der Waals surface area (Å²) in [6, 6.07) is 0. The summed E-state index contributed by atoms with van der Waals surface area (Å²) in [4.78, 5) is 0. The van der Waals surface area contributed by atoms with Crippen molar-refractivity contribution in [1.82, 2.24) is 5.32 Å². The number of ether oxygens (including phenoxy) is 2. The molecular weight excluding hydrogens is 297 g/mol. The molecule has 0 atom stereocenters. The molecule has 0 radical (unpaired) electrons. The maximum atomic E-state index is 13.2. The zero-order valence-electron chi connectivity index (χ0n) is 11.4. The van der Waals surface area contributed by atoms with Crippen LogP contribution in [-0.4, -0.2) is 33.4 Å². The summed E-state index contributed by atoms with van der Waals surface area (Å²) in [5, 5.41) is 3.04. The summed E-state index contributed by atoms with van der Waals surface area (Å²) < 4.78 is 74.5. The zero-order valence-corrected chi connectivity index (χ0v) is 11.4. The number of benzene rings is 1. The molecule has 0 heterocycles. The summed E-state index contributed by atoms with van der Waals surface area (Å²) in [5.41, 5.74) is 0. The van der Waals surface area contributed by atoms with E-state index in [1.165, 1.54) is 0 Å². The SMILES string of the molecule is COCCNCCCCOc1c(F)c(F)c(F)c(F)c1F. The van der Waals surface area contributed by atoms with Crippen LogP contribution in [0.2, 0.25) is 0 Å². The minimum Gasteiger partial charge on any atom is -0.487 e. The third-order valence-electron chi connectivity index (χ3n) is 2.65. The summed E-state index contributed by atoms with van der Waals surface area (Å²) >= 11 is 0. The van der Waals surface area contributed by atoms with Crippen molar-refractivity contribution in [2.45, 2.75) is 12.8 Å². The van der Waals surface area contributed by atoms with Crippen molar-refractivity contribution in [3.63, 3.8) is 0 Å². The predicted octanol–water partition coefficient (Wildman–Crippen LogP) is 2.78. The van der Waals surface area contributed by atoms with Crippen molar-refractivity contribution in [2.24, 2.45) is 0 Å². The number of halogens is 5. The Balaban J connectivity index is 2.43. The fourth-order valence-corrected chi connectivity index (χ4v) is 1.54. The smallest absolute Gasteiger partial charge is 0.206 e. The largest absolute Gasteiger partial charge is 0.487 e. The van der Waals surface area contributed by atoms with Gasteiger partial charge in [0.2, 0.25) is 29.1 Å². The number of hydrogen-bond donors (Lipinski definition) is 1. The zero-order chi connectivity index (χ0) is 15.8. The molecular formula is C13H16F5NO2. The Kier molecular flexibility index (Phi) is 7.38. The van der Waals surface area contributed by atoms with Crippen LogP contribution in [-0.2, 0) is 4.74 Å². The van der Waals surface area contributed by atoms with Crippen molar-refractivity contribution < 1.29 is 31.4 Å². The number of unbranched alkanes of at least 4 members (excludes halogenated alkanes) is 1. The molecule has 1 aromatic rings. The molecule has 0 aliphatic heterocycles. The predicted molar refractivity (Wildman–Crippen MR) is 65.7 cm³/mol. The van der Waals surface area contributed by atoms with Crippen LogP contribution in [0.15, 0.2) is 0 Å². The third-order valence-corrected chi connectivity index (χ3v) is 2.65. The van der Waals surface area contributed by atoms with Gasteiger partial charge >= 0.3 is 0 Å². The summed E-state index contributed by atoms with van der Waals surface area (Å²) in [7, 11) is 1.57. The van der Waals surface area contributed by atoms with E-state index in [2.05, 4.69) is 10.1 Å². The van der Waals surface area contributed by atoms with E-state index in [0.717, 1.165) is 0 Å². The van der Waals surface area contributed by atoms with E-state index in [1.807, 2.05) is 0 Å². The van der Waals surface area contributed by atoms with Crippen molar-refractivity contribution >= 4 is 0 Å². The van der Waals surface area contributed by atoms with E-state index in [0.29, 0.717) is 32.5 Å². The van der Waals surface area contributed by atoms with E-state index in [-0.39, 0.29) is 6.61 Å². The van der Waals surface area contributed by atoms with Gasteiger partial charge in [0.05, 0.1) is 13.2 Å². The molecule has 8 heteroatoms. The van der Waals surface area contributed by atoms with Crippen molar-refractivity contribution in [2.75, 3.05) is 33.4 Å². The molecule has 0 bridgehead atoms. The highest BCUT2D eigenvalue weighted by Gasteiger charge is 2.26. The van der Waals surface area contributed by atoms with Gasteiger partial charge in [-0.1, -0.05) is 0 Å². The number of hydrogen-bond acceptors (Lipinski definition) is 3. The van der Waals surface area contributed by atoms with Gasteiger partial charge in [-0.3, -0.25) is 0 Å². The van der Waals surface area contributed by atoms with Gasteiger partial charge in [0.1, 0.15) is 0 Å². The molecule has 0 saturated heterocycles.